The fourth-order valence-electron chi connectivity index (χ4n) is 0.155. The molecule has 4 nitrogen and oxygen atoms in total. The summed E-state index contributed by atoms with van der Waals surface area (Å²) in [6.45, 7) is 3.39. The molecule has 0 radical (unpaired) electrons. The fraction of sp³-hybridized carbons (Fsp3) is 0. The number of nitrogens with one attached hydrogen (secondary N) is 1. The molecule has 0 aliphatic carbocycles. The molecule has 1 N–H and O–H groups in total. The first-order valence-electron chi connectivity index (χ1n) is 1.96. The minimum Gasteiger partial charge on any atom is -0.183 e. The molecular weight excluding hydrogens is 104 g/mol. The van der Waals surface area contributed by atoms with Gasteiger partial charge in [-0.3, -0.25) is 0 Å². The van der Waals surface area contributed by atoms with Crippen LogP contribution in [0.5, 0.6) is 0 Å². The first kappa shape index (κ1) is 6.68. The molecule has 42 valence electrons. The molecule has 0 aromatic carbocycles. The van der Waals surface area contributed by atoms with Crippen LogP contribution < -0.4 is 0 Å². The van der Waals surface area contributed by atoms with Gasteiger partial charge in [-0.1, -0.05) is 12.7 Å². The van der Waals surface area contributed by atoms with Crippen molar-refractivity contribution >= 4 is 0 Å². The second-order valence-corrected chi connectivity index (χ2v) is 0.882. The summed E-state index contributed by atoms with van der Waals surface area (Å²) in [7, 11) is 0. The summed E-state index contributed by atoms with van der Waals surface area (Å²) in [4.78, 5) is 0. The Balaban J connectivity index is 3.41. The molecule has 0 aliphatic rings. The van der Waals surface area contributed by atoms with Gasteiger partial charge in [-0.25, -0.2) is 0 Å². The van der Waals surface area contributed by atoms with Crippen LogP contribution in [0.2, 0.25) is 0 Å². The van der Waals surface area contributed by atoms with E-state index in [2.05, 4.69) is 22.1 Å². The molecular formula is C4H6N4. The number of rotatable bonds is 3. The minimum absolute atomic E-state index is 1.39. The minimum atomic E-state index is 1.39. The van der Waals surface area contributed by atoms with Gasteiger partial charge in [0.15, 0.2) is 0 Å². The number of hydrogen-bond donors (Lipinski definition) is 1. The van der Waals surface area contributed by atoms with E-state index in [4.69, 9.17) is 5.53 Å². The summed E-state index contributed by atoms with van der Waals surface area (Å²) in [6.07, 6.45) is 4.54. The number of allylic oxidation sites excluding steroid dienone is 2. The lowest BCUT2D eigenvalue weighted by molar-refractivity contribution is 0.906. The van der Waals surface area contributed by atoms with E-state index in [9.17, 15) is 0 Å². The van der Waals surface area contributed by atoms with Gasteiger partial charge in [-0.15, -0.1) is 5.11 Å². The summed E-state index contributed by atoms with van der Waals surface area (Å²) < 4.78 is 0. The molecule has 0 saturated carbocycles. The van der Waals surface area contributed by atoms with Crippen LogP contribution >= 0.6 is 0 Å². The summed E-state index contributed by atoms with van der Waals surface area (Å²) in [5, 5.41) is 8.92. The molecule has 0 spiro atoms. The molecule has 0 aromatic heterocycles. The zero-order chi connectivity index (χ0) is 6.24. The first-order chi connectivity index (χ1) is 3.91. The summed E-state index contributed by atoms with van der Waals surface area (Å²) >= 11 is 0. The number of hydrogen-bond acceptors (Lipinski definition) is 2. The Morgan fingerprint density at radius 1 is 1.50 bits per heavy atom. The van der Waals surface area contributed by atoms with Gasteiger partial charge in [0.05, 0.1) is 6.20 Å². The van der Waals surface area contributed by atoms with Crippen molar-refractivity contribution in [3.63, 3.8) is 0 Å². The van der Waals surface area contributed by atoms with Crippen molar-refractivity contribution in [2.24, 2.45) is 15.6 Å². The van der Waals surface area contributed by atoms with Crippen LogP contribution in [-0.4, -0.2) is 0 Å². The predicted molar refractivity (Wildman–Crippen MR) is 29.3 cm³/mol. The Bertz CT molecular complexity index is 108. The Hall–Kier alpha value is -1.32. The monoisotopic (exact) mass is 110 g/mol. The lowest BCUT2D eigenvalue weighted by atomic mass is 10.6. The highest BCUT2D eigenvalue weighted by Crippen LogP contribution is 1.78. The maximum atomic E-state index is 6.14. The third-order valence-corrected chi connectivity index (χ3v) is 0.385. The second kappa shape index (κ2) is 5.68. The van der Waals surface area contributed by atoms with E-state index in [1.807, 2.05) is 0 Å². The normalized spacial score (nSPS) is 10.5. The smallest absolute Gasteiger partial charge is 0.0514 e. The molecule has 4 heteroatoms. The summed E-state index contributed by atoms with van der Waals surface area (Å²) in [5.41, 5.74) is 6.14. The van der Waals surface area contributed by atoms with E-state index in [0.29, 0.717) is 0 Å². The SMILES string of the molecule is C=CC=CN=NN=N. The zero-order valence-electron chi connectivity index (χ0n) is 4.28. The van der Waals surface area contributed by atoms with Gasteiger partial charge in [0, 0.05) is 0 Å². The largest absolute Gasteiger partial charge is 0.183 e. The van der Waals surface area contributed by atoms with Gasteiger partial charge in [0.2, 0.25) is 0 Å². The van der Waals surface area contributed by atoms with Gasteiger partial charge in [0.25, 0.3) is 0 Å². The van der Waals surface area contributed by atoms with Crippen LogP contribution in [0.3, 0.4) is 0 Å². The fourth-order valence-corrected chi connectivity index (χ4v) is 0.155. The van der Waals surface area contributed by atoms with Crippen LogP contribution in [0.25, 0.3) is 0 Å². The molecule has 0 bridgehead atoms. The van der Waals surface area contributed by atoms with E-state index in [0.717, 1.165) is 0 Å². The number of nitrogens with zero attached hydrogens (tertiary/aromatic N) is 3. The zero-order valence-corrected chi connectivity index (χ0v) is 4.28. The van der Waals surface area contributed by atoms with E-state index in [1.165, 1.54) is 6.20 Å². The maximum Gasteiger partial charge on any atom is 0.0514 e. The topological polar surface area (TPSA) is 60.9 Å². The van der Waals surface area contributed by atoms with Crippen molar-refractivity contribution in [2.45, 2.75) is 0 Å². The third kappa shape index (κ3) is 4.68. The maximum absolute atomic E-state index is 6.14. The molecule has 0 atom stereocenters. The molecule has 0 unspecified atom stereocenters. The van der Waals surface area contributed by atoms with E-state index in [1.54, 1.807) is 12.2 Å². The molecule has 0 fully saturated rings. The Morgan fingerprint density at radius 2 is 2.25 bits per heavy atom. The van der Waals surface area contributed by atoms with Crippen molar-refractivity contribution in [1.29, 1.82) is 5.53 Å². The lowest BCUT2D eigenvalue weighted by Gasteiger charge is -1.65. The van der Waals surface area contributed by atoms with E-state index >= 15 is 0 Å². The Morgan fingerprint density at radius 3 is 2.75 bits per heavy atom. The third-order valence-electron chi connectivity index (χ3n) is 0.385. The predicted octanol–water partition coefficient (Wildman–Crippen LogP) is 2.08. The van der Waals surface area contributed by atoms with Crippen LogP contribution in [0.15, 0.2) is 40.5 Å². The van der Waals surface area contributed by atoms with Gasteiger partial charge >= 0.3 is 0 Å². The molecule has 0 heterocycles. The Labute approximate surface area is 47.1 Å². The molecule has 0 rings (SSSR count). The Kier molecular flexibility index (Phi) is 4.74. The molecule has 8 heavy (non-hydrogen) atoms. The average molecular weight is 110 g/mol. The quantitative estimate of drug-likeness (QED) is 0.328. The highest BCUT2D eigenvalue weighted by Gasteiger charge is 1.56. The summed E-state index contributed by atoms with van der Waals surface area (Å²) in [6, 6.07) is 0. The van der Waals surface area contributed by atoms with Crippen LogP contribution in [0.1, 0.15) is 0 Å². The van der Waals surface area contributed by atoms with Crippen molar-refractivity contribution in [3.05, 3.63) is 24.9 Å². The van der Waals surface area contributed by atoms with Gasteiger partial charge < -0.3 is 0 Å². The van der Waals surface area contributed by atoms with Gasteiger partial charge in [-0.2, -0.15) is 5.53 Å². The van der Waals surface area contributed by atoms with Crippen LogP contribution in [0.4, 0.5) is 0 Å². The molecule has 0 saturated heterocycles. The summed E-state index contributed by atoms with van der Waals surface area (Å²) in [5.74, 6) is 0. The second-order valence-electron chi connectivity index (χ2n) is 0.882. The van der Waals surface area contributed by atoms with Gasteiger partial charge in [-0.05, 0) is 16.5 Å². The van der Waals surface area contributed by atoms with Crippen molar-refractivity contribution < 1.29 is 0 Å². The van der Waals surface area contributed by atoms with Crippen LogP contribution in [-0.2, 0) is 0 Å². The van der Waals surface area contributed by atoms with Crippen LogP contribution in [0, 0.1) is 5.53 Å². The van der Waals surface area contributed by atoms with E-state index in [-0.39, 0.29) is 0 Å². The molecule has 0 amide bonds. The molecule has 0 aliphatic heterocycles. The first-order valence-corrected chi connectivity index (χ1v) is 1.96. The van der Waals surface area contributed by atoms with Crippen molar-refractivity contribution in [3.8, 4) is 0 Å². The average Bonchev–Trinajstić information content (AvgIpc) is 1.81. The highest BCUT2D eigenvalue weighted by molar-refractivity contribution is 4.95. The van der Waals surface area contributed by atoms with E-state index < -0.39 is 0 Å². The van der Waals surface area contributed by atoms with Crippen molar-refractivity contribution in [2.75, 3.05) is 0 Å². The van der Waals surface area contributed by atoms with Gasteiger partial charge in [0.1, 0.15) is 0 Å². The standard InChI is InChI=1S/C4H6N4/c1-2-3-4-6-8-7-5/h2-5H,1H2. The highest BCUT2D eigenvalue weighted by atomic mass is 15.4. The molecule has 0 aromatic rings. The lowest BCUT2D eigenvalue weighted by Crippen LogP contribution is -1.44. The van der Waals surface area contributed by atoms with Crippen molar-refractivity contribution in [1.82, 2.24) is 0 Å².